The molecule has 0 unspecified atom stereocenters. The molecule has 0 aliphatic heterocycles. The second-order valence-corrected chi connectivity index (χ2v) is 4.97. The standard InChI is InChI=1S/C15H23N3O2/c1-5-20-14-8-6-13(7-9-14)16-15(19)18-17-12(4)10-11(2)3/h6-9,11H,5,10H2,1-4H3,(H2,16,18,19)/b17-12-. The van der Waals surface area contributed by atoms with Crippen molar-refractivity contribution in [3.63, 3.8) is 0 Å². The highest BCUT2D eigenvalue weighted by Gasteiger charge is 2.02. The first-order valence-electron chi connectivity index (χ1n) is 6.84. The SMILES string of the molecule is CCOc1ccc(NC(=O)N/N=C(/C)CC(C)C)cc1. The Bertz CT molecular complexity index is 453. The number of nitrogens with one attached hydrogen (secondary N) is 2. The number of anilines is 1. The molecule has 0 fully saturated rings. The Morgan fingerprint density at radius 3 is 2.50 bits per heavy atom. The Balaban J connectivity index is 2.45. The number of benzene rings is 1. The first-order chi connectivity index (χ1) is 9.51. The molecule has 0 bridgehead atoms. The van der Waals surface area contributed by atoms with Crippen LogP contribution in [0.25, 0.3) is 0 Å². The van der Waals surface area contributed by atoms with Gasteiger partial charge in [0.15, 0.2) is 0 Å². The molecule has 2 amide bonds. The Kier molecular flexibility index (Phi) is 6.56. The van der Waals surface area contributed by atoms with Gasteiger partial charge in [0.05, 0.1) is 6.61 Å². The number of hydrogen-bond acceptors (Lipinski definition) is 3. The molecule has 5 heteroatoms. The van der Waals surface area contributed by atoms with Crippen LogP contribution in [0, 0.1) is 5.92 Å². The number of hydrazone groups is 1. The van der Waals surface area contributed by atoms with Crippen LogP contribution in [0.1, 0.15) is 34.1 Å². The van der Waals surface area contributed by atoms with E-state index in [0.717, 1.165) is 17.9 Å². The molecular weight excluding hydrogens is 254 g/mol. The molecule has 0 saturated carbocycles. The summed E-state index contributed by atoms with van der Waals surface area (Å²) < 4.78 is 5.33. The van der Waals surface area contributed by atoms with E-state index in [1.54, 1.807) is 12.1 Å². The molecule has 0 radical (unpaired) electrons. The van der Waals surface area contributed by atoms with Gasteiger partial charge in [-0.15, -0.1) is 0 Å². The molecular formula is C15H23N3O2. The first kappa shape index (κ1) is 16.0. The van der Waals surface area contributed by atoms with Crippen LogP contribution >= 0.6 is 0 Å². The molecule has 0 heterocycles. The monoisotopic (exact) mass is 277 g/mol. The van der Waals surface area contributed by atoms with Crippen molar-refractivity contribution in [3.8, 4) is 5.75 Å². The van der Waals surface area contributed by atoms with Gasteiger partial charge >= 0.3 is 6.03 Å². The lowest BCUT2D eigenvalue weighted by Gasteiger charge is -2.07. The zero-order valence-corrected chi connectivity index (χ0v) is 12.6. The number of nitrogens with zero attached hydrogens (tertiary/aromatic N) is 1. The van der Waals surface area contributed by atoms with Gasteiger partial charge in [-0.05, 0) is 50.5 Å². The van der Waals surface area contributed by atoms with Gasteiger partial charge in [-0.1, -0.05) is 13.8 Å². The van der Waals surface area contributed by atoms with E-state index in [2.05, 4.69) is 29.7 Å². The van der Waals surface area contributed by atoms with Crippen LogP contribution in [-0.4, -0.2) is 18.3 Å². The highest BCUT2D eigenvalue weighted by atomic mass is 16.5. The number of ether oxygens (including phenoxy) is 1. The minimum atomic E-state index is -0.350. The molecule has 20 heavy (non-hydrogen) atoms. The number of rotatable bonds is 6. The van der Waals surface area contributed by atoms with Gasteiger partial charge in [0, 0.05) is 11.4 Å². The largest absolute Gasteiger partial charge is 0.494 e. The van der Waals surface area contributed by atoms with Crippen molar-refractivity contribution in [3.05, 3.63) is 24.3 Å². The molecule has 0 atom stereocenters. The zero-order chi connectivity index (χ0) is 15.0. The molecule has 0 spiro atoms. The predicted octanol–water partition coefficient (Wildman–Crippen LogP) is 3.63. The highest BCUT2D eigenvalue weighted by molar-refractivity contribution is 5.91. The maximum absolute atomic E-state index is 11.7. The molecule has 1 aromatic carbocycles. The number of amides is 2. The van der Waals surface area contributed by atoms with E-state index >= 15 is 0 Å². The Hall–Kier alpha value is -2.04. The lowest BCUT2D eigenvalue weighted by atomic mass is 10.1. The Morgan fingerprint density at radius 2 is 1.95 bits per heavy atom. The van der Waals surface area contributed by atoms with Crippen LogP contribution in [0.2, 0.25) is 0 Å². The van der Waals surface area contributed by atoms with Crippen LogP contribution < -0.4 is 15.5 Å². The summed E-state index contributed by atoms with van der Waals surface area (Å²) in [5.74, 6) is 1.30. The lowest BCUT2D eigenvalue weighted by Crippen LogP contribution is -2.25. The predicted molar refractivity (Wildman–Crippen MR) is 82.3 cm³/mol. The number of urea groups is 1. The topological polar surface area (TPSA) is 62.7 Å². The molecule has 0 saturated heterocycles. The second kappa shape index (κ2) is 8.19. The maximum Gasteiger partial charge on any atom is 0.339 e. The lowest BCUT2D eigenvalue weighted by molar-refractivity contribution is 0.252. The van der Waals surface area contributed by atoms with Crippen molar-refractivity contribution in [2.45, 2.75) is 34.1 Å². The minimum Gasteiger partial charge on any atom is -0.494 e. The number of carbonyl (C=O) groups excluding carboxylic acids is 1. The van der Waals surface area contributed by atoms with Crippen molar-refractivity contribution >= 4 is 17.4 Å². The summed E-state index contributed by atoms with van der Waals surface area (Å²) in [6, 6.07) is 6.85. The van der Waals surface area contributed by atoms with Crippen molar-refractivity contribution in [2.75, 3.05) is 11.9 Å². The third-order valence-corrected chi connectivity index (χ3v) is 2.48. The van der Waals surface area contributed by atoms with Crippen LogP contribution in [0.4, 0.5) is 10.5 Å². The quantitative estimate of drug-likeness (QED) is 0.616. The van der Waals surface area contributed by atoms with Crippen LogP contribution in [0.3, 0.4) is 0 Å². The summed E-state index contributed by atoms with van der Waals surface area (Å²) >= 11 is 0. The van der Waals surface area contributed by atoms with Gasteiger partial charge in [0.1, 0.15) is 5.75 Å². The van der Waals surface area contributed by atoms with E-state index in [4.69, 9.17) is 4.74 Å². The fraction of sp³-hybridized carbons (Fsp3) is 0.467. The van der Waals surface area contributed by atoms with E-state index in [0.29, 0.717) is 18.2 Å². The van der Waals surface area contributed by atoms with Crippen LogP contribution in [-0.2, 0) is 0 Å². The van der Waals surface area contributed by atoms with Gasteiger partial charge in [-0.25, -0.2) is 10.2 Å². The summed E-state index contributed by atoms with van der Waals surface area (Å²) in [6.45, 7) is 8.67. The van der Waals surface area contributed by atoms with Crippen molar-refractivity contribution < 1.29 is 9.53 Å². The molecule has 110 valence electrons. The highest BCUT2D eigenvalue weighted by Crippen LogP contribution is 2.15. The van der Waals surface area contributed by atoms with E-state index in [1.807, 2.05) is 26.0 Å². The van der Waals surface area contributed by atoms with Crippen molar-refractivity contribution in [2.24, 2.45) is 11.0 Å². The molecule has 2 N–H and O–H groups in total. The average molecular weight is 277 g/mol. The van der Waals surface area contributed by atoms with Gasteiger partial charge in [-0.3, -0.25) is 0 Å². The number of carbonyl (C=O) groups is 1. The summed E-state index contributed by atoms with van der Waals surface area (Å²) in [5, 5.41) is 6.74. The minimum absolute atomic E-state index is 0.350. The third-order valence-electron chi connectivity index (χ3n) is 2.48. The Labute approximate surface area is 120 Å². The molecule has 0 aliphatic rings. The Morgan fingerprint density at radius 1 is 1.30 bits per heavy atom. The summed E-state index contributed by atoms with van der Waals surface area (Å²) in [4.78, 5) is 11.7. The maximum atomic E-state index is 11.7. The van der Waals surface area contributed by atoms with Gasteiger partial charge in [0.25, 0.3) is 0 Å². The van der Waals surface area contributed by atoms with Crippen molar-refractivity contribution in [1.82, 2.24) is 5.43 Å². The summed E-state index contributed by atoms with van der Waals surface area (Å²) in [6.07, 6.45) is 0.864. The van der Waals surface area contributed by atoms with Crippen molar-refractivity contribution in [1.29, 1.82) is 0 Å². The van der Waals surface area contributed by atoms with E-state index < -0.39 is 0 Å². The summed E-state index contributed by atoms with van der Waals surface area (Å²) in [5.41, 5.74) is 4.08. The normalized spacial score (nSPS) is 11.3. The molecule has 0 aliphatic carbocycles. The first-order valence-corrected chi connectivity index (χ1v) is 6.84. The third kappa shape index (κ3) is 6.22. The molecule has 1 rings (SSSR count). The fourth-order valence-electron chi connectivity index (χ4n) is 1.74. The van der Waals surface area contributed by atoms with Crippen LogP contribution in [0.5, 0.6) is 5.75 Å². The zero-order valence-electron chi connectivity index (χ0n) is 12.6. The smallest absolute Gasteiger partial charge is 0.339 e. The average Bonchev–Trinajstić information content (AvgIpc) is 2.38. The van der Waals surface area contributed by atoms with Gasteiger partial charge in [0.2, 0.25) is 0 Å². The summed E-state index contributed by atoms with van der Waals surface area (Å²) in [7, 11) is 0. The molecule has 1 aromatic rings. The van der Waals surface area contributed by atoms with Gasteiger partial charge < -0.3 is 10.1 Å². The fourth-order valence-corrected chi connectivity index (χ4v) is 1.74. The van der Waals surface area contributed by atoms with Crippen LogP contribution in [0.15, 0.2) is 29.4 Å². The van der Waals surface area contributed by atoms with E-state index in [-0.39, 0.29) is 6.03 Å². The number of hydrogen-bond donors (Lipinski definition) is 2. The molecule has 5 nitrogen and oxygen atoms in total. The van der Waals surface area contributed by atoms with Gasteiger partial charge in [-0.2, -0.15) is 5.10 Å². The molecule has 0 aromatic heterocycles. The van der Waals surface area contributed by atoms with E-state index in [1.165, 1.54) is 0 Å². The second-order valence-electron chi connectivity index (χ2n) is 4.97. The van der Waals surface area contributed by atoms with E-state index in [9.17, 15) is 4.79 Å².